The van der Waals surface area contributed by atoms with Gasteiger partial charge in [0.25, 0.3) is 0 Å². The molecule has 0 aromatic heterocycles. The van der Waals surface area contributed by atoms with Gasteiger partial charge in [-0.15, -0.1) is 0 Å². The first-order chi connectivity index (χ1) is 32.9. The van der Waals surface area contributed by atoms with Crippen LogP contribution in [0.25, 0.3) is 0 Å². The Kier molecular flexibility index (Phi) is 23.6. The Morgan fingerprint density at radius 1 is 0.797 bits per heavy atom. The number of carbonyl (C=O) groups excluding carboxylic acids is 7. The topological polar surface area (TPSA) is 293 Å². The van der Waals surface area contributed by atoms with Gasteiger partial charge in [0.2, 0.25) is 41.4 Å². The largest absolute Gasteiger partial charge is 0.508 e. The van der Waals surface area contributed by atoms with E-state index < -0.39 is 95.9 Å². The van der Waals surface area contributed by atoms with Crippen LogP contribution in [-0.2, 0) is 40.0 Å². The zero-order chi connectivity index (χ0) is 50.6. The molecule has 4 rings (SSSR count). The third-order valence-electron chi connectivity index (χ3n) is 13.9. The number of fused-ring (bicyclic) bond motifs is 2. The number of aliphatic hydroxyl groups is 3. The highest BCUT2D eigenvalue weighted by atomic mass is 16.3. The number of nitrogens with one attached hydrogen (secondary N) is 5. The Hall–Kier alpha value is -4.85. The van der Waals surface area contributed by atoms with Crippen molar-refractivity contribution in [2.24, 2.45) is 17.6 Å². The number of carbonyl (C=O) groups is 7. The molecule has 388 valence electrons. The number of nitrogens with two attached hydrogens (primary N) is 1. The van der Waals surface area contributed by atoms with Gasteiger partial charge in [-0.05, 0) is 101 Å². The molecule has 19 heteroatoms. The van der Waals surface area contributed by atoms with Gasteiger partial charge in [-0.1, -0.05) is 77.8 Å². The number of hydrogen-bond donors (Lipinski definition) is 10. The van der Waals surface area contributed by atoms with Crippen LogP contribution in [0.1, 0.15) is 142 Å². The molecule has 1 aromatic rings. The van der Waals surface area contributed by atoms with Gasteiger partial charge in [0.05, 0.1) is 18.3 Å². The molecule has 0 spiro atoms. The zero-order valence-electron chi connectivity index (χ0n) is 41.3. The van der Waals surface area contributed by atoms with E-state index in [9.17, 15) is 54.0 Å². The highest BCUT2D eigenvalue weighted by molar-refractivity contribution is 5.98. The first-order valence-electron chi connectivity index (χ1n) is 25.5. The molecule has 11 atom stereocenters. The van der Waals surface area contributed by atoms with E-state index in [1.165, 1.54) is 49.6 Å². The number of aryl methyl sites for hydroxylation is 1. The van der Waals surface area contributed by atoms with E-state index in [0.29, 0.717) is 24.3 Å². The number of benzene rings is 1. The maximum Gasteiger partial charge on any atom is 0.248 e. The number of amides is 7. The van der Waals surface area contributed by atoms with E-state index in [1.54, 1.807) is 12.1 Å². The van der Waals surface area contributed by atoms with Crippen molar-refractivity contribution in [3.05, 3.63) is 29.8 Å². The second kappa shape index (κ2) is 28.7. The van der Waals surface area contributed by atoms with Crippen molar-refractivity contribution < 1.29 is 54.0 Å². The minimum absolute atomic E-state index is 0.00389. The van der Waals surface area contributed by atoms with Crippen molar-refractivity contribution in [3.8, 4) is 5.75 Å². The summed E-state index contributed by atoms with van der Waals surface area (Å²) in [6, 6.07) is -1.73. The lowest BCUT2D eigenvalue weighted by atomic mass is 9.91. The van der Waals surface area contributed by atoms with E-state index in [0.717, 1.165) is 36.5 Å². The van der Waals surface area contributed by atoms with E-state index in [4.69, 9.17) is 5.73 Å². The standard InChI is InChI=1S/C50H82N8O11/c1-5-31(2)28-32(3)14-10-8-6-7-9-11-17-42(63)53-37-16-13-26-52-48(67)44-41(62)24-27-57(44)49(68)39(15-12-25-51)55-45(64)38(23-20-34-18-21-35(60)22-19-34)54-47(66)40-29-36(61)30-58(40)50(69)43(33(4)59)56-46(37)65/h18-19,21-22,31-33,36-41,43-44,59-62H,5-17,20,23-30,51H2,1-4H3,(H,52,67)(H,53,63)(H,54,66)(H,55,64)(H,56,65)/t31-,32-,33+,36+,37-,38-,39-,40-,41-,43-,44-/m0/s1. The molecule has 7 amide bonds. The van der Waals surface area contributed by atoms with Crippen molar-refractivity contribution >= 4 is 41.4 Å². The second-order valence-electron chi connectivity index (χ2n) is 19.8. The smallest absolute Gasteiger partial charge is 0.248 e. The number of phenolic OH excluding ortho intramolecular Hbond substituents is 1. The summed E-state index contributed by atoms with van der Waals surface area (Å²) in [4.78, 5) is 100. The molecule has 3 heterocycles. The zero-order valence-corrected chi connectivity index (χ0v) is 41.3. The number of rotatable bonds is 20. The Bertz CT molecular complexity index is 1840. The van der Waals surface area contributed by atoms with Crippen molar-refractivity contribution in [3.63, 3.8) is 0 Å². The monoisotopic (exact) mass is 971 g/mol. The summed E-state index contributed by atoms with van der Waals surface area (Å²) in [7, 11) is 0. The molecule has 3 saturated heterocycles. The fourth-order valence-electron chi connectivity index (χ4n) is 9.64. The van der Waals surface area contributed by atoms with E-state index in [-0.39, 0.29) is 83.3 Å². The fourth-order valence-corrected chi connectivity index (χ4v) is 9.64. The van der Waals surface area contributed by atoms with Gasteiger partial charge in [-0.2, -0.15) is 0 Å². The predicted octanol–water partition coefficient (Wildman–Crippen LogP) is 1.41. The van der Waals surface area contributed by atoms with Gasteiger partial charge in [-0.25, -0.2) is 0 Å². The summed E-state index contributed by atoms with van der Waals surface area (Å²) in [5, 5.41) is 56.2. The molecule has 11 N–H and O–H groups in total. The van der Waals surface area contributed by atoms with Crippen LogP contribution in [0.4, 0.5) is 0 Å². The Balaban J connectivity index is 1.56. The lowest BCUT2D eigenvalue weighted by molar-refractivity contribution is -0.145. The molecular formula is C50H82N8O11. The summed E-state index contributed by atoms with van der Waals surface area (Å²) in [5.41, 5.74) is 6.54. The lowest BCUT2D eigenvalue weighted by Crippen LogP contribution is -2.61. The van der Waals surface area contributed by atoms with Crippen LogP contribution in [0.15, 0.2) is 24.3 Å². The van der Waals surface area contributed by atoms with Crippen molar-refractivity contribution in [1.29, 1.82) is 0 Å². The number of aliphatic hydroxyl groups excluding tert-OH is 3. The molecule has 0 unspecified atom stereocenters. The van der Waals surface area contributed by atoms with Crippen LogP contribution in [0.5, 0.6) is 5.75 Å². The minimum atomic E-state index is -1.61. The van der Waals surface area contributed by atoms with Gasteiger partial charge in [0.1, 0.15) is 42.0 Å². The van der Waals surface area contributed by atoms with E-state index in [2.05, 4.69) is 47.4 Å². The Morgan fingerprint density at radius 2 is 1.48 bits per heavy atom. The van der Waals surface area contributed by atoms with Crippen molar-refractivity contribution in [1.82, 2.24) is 36.4 Å². The normalized spacial score (nSPS) is 27.0. The molecule has 0 radical (unpaired) electrons. The van der Waals surface area contributed by atoms with Gasteiger partial charge >= 0.3 is 0 Å². The van der Waals surface area contributed by atoms with Crippen LogP contribution >= 0.6 is 0 Å². The third kappa shape index (κ3) is 17.8. The van der Waals surface area contributed by atoms with E-state index >= 15 is 0 Å². The maximum absolute atomic E-state index is 14.3. The molecule has 1 aromatic carbocycles. The molecule has 3 fully saturated rings. The number of phenols is 1. The summed E-state index contributed by atoms with van der Waals surface area (Å²) < 4.78 is 0. The van der Waals surface area contributed by atoms with Crippen LogP contribution in [0, 0.1) is 11.8 Å². The van der Waals surface area contributed by atoms with Gasteiger partial charge in [0, 0.05) is 32.5 Å². The molecule has 3 aliphatic rings. The van der Waals surface area contributed by atoms with Crippen molar-refractivity contribution in [2.75, 3.05) is 26.2 Å². The molecule has 0 bridgehead atoms. The summed E-state index contributed by atoms with van der Waals surface area (Å²) in [6.45, 7) is 7.96. The first kappa shape index (κ1) is 56.7. The number of hydrogen-bond acceptors (Lipinski definition) is 12. The van der Waals surface area contributed by atoms with E-state index in [1.807, 2.05) is 0 Å². The highest BCUT2D eigenvalue weighted by Crippen LogP contribution is 2.24. The highest BCUT2D eigenvalue weighted by Gasteiger charge is 2.46. The Labute approximate surface area is 407 Å². The van der Waals surface area contributed by atoms with Crippen LogP contribution in [-0.4, -0.2) is 152 Å². The second-order valence-corrected chi connectivity index (χ2v) is 19.8. The van der Waals surface area contributed by atoms with Crippen LogP contribution in [0.2, 0.25) is 0 Å². The van der Waals surface area contributed by atoms with Crippen LogP contribution in [0.3, 0.4) is 0 Å². The number of nitrogens with zero attached hydrogens (tertiary/aromatic N) is 2. The summed E-state index contributed by atoms with van der Waals surface area (Å²) in [6.07, 6.45) is 6.28. The Morgan fingerprint density at radius 3 is 2.16 bits per heavy atom. The predicted molar refractivity (Wildman–Crippen MR) is 259 cm³/mol. The molecule has 69 heavy (non-hydrogen) atoms. The minimum Gasteiger partial charge on any atom is -0.508 e. The number of unbranched alkanes of at least 4 members (excludes halogenated alkanes) is 5. The van der Waals surface area contributed by atoms with Crippen molar-refractivity contribution in [2.45, 2.75) is 198 Å². The van der Waals surface area contributed by atoms with Gasteiger partial charge < -0.3 is 62.5 Å². The number of aromatic hydroxyl groups is 1. The molecule has 0 aliphatic carbocycles. The maximum atomic E-state index is 14.3. The summed E-state index contributed by atoms with van der Waals surface area (Å²) in [5.74, 6) is -3.45. The average Bonchev–Trinajstić information content (AvgIpc) is 3.91. The quantitative estimate of drug-likeness (QED) is 0.0831. The van der Waals surface area contributed by atoms with Crippen LogP contribution < -0.4 is 32.3 Å². The molecular weight excluding hydrogens is 889 g/mol. The SMILES string of the molecule is CC[C@H](C)C[C@@H](C)CCCCCCCCC(=O)N[C@H]1CCCNC(=O)[C@@H]2[C@@H](O)CCN2C(=O)[C@H](CCCN)NC(=O)[C@H](CCc2ccc(O)cc2)NC(=O)[C@@H]2C[C@@H](O)CN2C(=O)[C@H]([C@@H](C)O)NC1=O. The van der Waals surface area contributed by atoms with Gasteiger partial charge in [0.15, 0.2) is 0 Å². The average molecular weight is 971 g/mol. The first-order valence-corrected chi connectivity index (χ1v) is 25.5. The fraction of sp³-hybridized carbons (Fsp3) is 0.740. The summed E-state index contributed by atoms with van der Waals surface area (Å²) >= 11 is 0. The molecule has 19 nitrogen and oxygen atoms in total. The third-order valence-corrected chi connectivity index (χ3v) is 13.9. The lowest BCUT2D eigenvalue weighted by Gasteiger charge is -2.32. The molecule has 3 aliphatic heterocycles. The van der Waals surface area contributed by atoms with Gasteiger partial charge in [-0.3, -0.25) is 33.6 Å². The molecule has 0 saturated carbocycles.